The SMILES string of the molecule is N#C/C(=C\c1ccc(OC(=O)c2ccccc2)cc1)C(=O)Nc1ccccc1F. The Hall–Kier alpha value is -4.24. The molecule has 0 unspecified atom stereocenters. The predicted molar refractivity (Wildman–Crippen MR) is 106 cm³/mol. The minimum absolute atomic E-state index is 0.0122. The Balaban J connectivity index is 1.70. The zero-order valence-electron chi connectivity index (χ0n) is 15.1. The summed E-state index contributed by atoms with van der Waals surface area (Å²) in [5, 5.41) is 11.6. The third kappa shape index (κ3) is 5.15. The number of rotatable bonds is 5. The topological polar surface area (TPSA) is 79.2 Å². The van der Waals surface area contributed by atoms with E-state index in [1.165, 1.54) is 24.3 Å². The molecule has 0 bridgehead atoms. The van der Waals surface area contributed by atoms with Gasteiger partial charge in [-0.25, -0.2) is 9.18 Å². The van der Waals surface area contributed by atoms with Crippen LogP contribution in [0.3, 0.4) is 0 Å². The van der Waals surface area contributed by atoms with E-state index in [2.05, 4.69) is 5.32 Å². The molecule has 3 rings (SSSR count). The van der Waals surface area contributed by atoms with Crippen molar-refractivity contribution in [3.05, 3.63) is 101 Å². The second-order valence-electron chi connectivity index (χ2n) is 5.93. The summed E-state index contributed by atoms with van der Waals surface area (Å²) in [6, 6.07) is 22.3. The molecule has 0 saturated heterocycles. The molecule has 3 aromatic carbocycles. The lowest BCUT2D eigenvalue weighted by Crippen LogP contribution is -2.14. The summed E-state index contributed by atoms with van der Waals surface area (Å²) in [4.78, 5) is 24.3. The standard InChI is InChI=1S/C23H15FN2O3/c24-20-8-4-5-9-21(20)26-22(27)18(15-25)14-16-10-12-19(13-11-16)29-23(28)17-6-2-1-3-7-17/h1-14H,(H,26,27)/b18-14+. The van der Waals surface area contributed by atoms with Crippen molar-refractivity contribution in [1.29, 1.82) is 5.26 Å². The predicted octanol–water partition coefficient (Wildman–Crippen LogP) is 4.59. The number of halogens is 1. The third-order valence-electron chi connectivity index (χ3n) is 3.90. The van der Waals surface area contributed by atoms with Crippen LogP contribution in [-0.4, -0.2) is 11.9 Å². The Kier molecular flexibility index (Phi) is 6.13. The molecular formula is C23H15FN2O3. The van der Waals surface area contributed by atoms with Gasteiger partial charge in [0.1, 0.15) is 23.2 Å². The molecule has 0 aliphatic carbocycles. The molecule has 0 saturated carbocycles. The molecule has 3 aromatic rings. The maximum absolute atomic E-state index is 13.7. The molecule has 0 spiro atoms. The molecule has 0 heterocycles. The lowest BCUT2D eigenvalue weighted by Gasteiger charge is -2.06. The largest absolute Gasteiger partial charge is 0.423 e. The summed E-state index contributed by atoms with van der Waals surface area (Å²) in [5.74, 6) is -1.49. The number of esters is 1. The van der Waals surface area contributed by atoms with E-state index in [0.717, 1.165) is 0 Å². The van der Waals surface area contributed by atoms with Crippen molar-refractivity contribution in [2.45, 2.75) is 0 Å². The maximum Gasteiger partial charge on any atom is 0.343 e. The zero-order valence-corrected chi connectivity index (χ0v) is 15.1. The number of benzene rings is 3. The van der Waals surface area contributed by atoms with E-state index >= 15 is 0 Å². The zero-order chi connectivity index (χ0) is 20.6. The van der Waals surface area contributed by atoms with Gasteiger partial charge in [0.2, 0.25) is 0 Å². The smallest absolute Gasteiger partial charge is 0.343 e. The Morgan fingerprint density at radius 2 is 1.59 bits per heavy atom. The highest BCUT2D eigenvalue weighted by molar-refractivity contribution is 6.09. The second-order valence-corrected chi connectivity index (χ2v) is 5.93. The highest BCUT2D eigenvalue weighted by Crippen LogP contribution is 2.18. The van der Waals surface area contributed by atoms with Crippen molar-refractivity contribution >= 4 is 23.6 Å². The van der Waals surface area contributed by atoms with Gasteiger partial charge in [0.05, 0.1) is 11.3 Å². The quantitative estimate of drug-likeness (QED) is 0.301. The highest BCUT2D eigenvalue weighted by atomic mass is 19.1. The second kappa shape index (κ2) is 9.11. The van der Waals surface area contributed by atoms with Crippen LogP contribution in [0.2, 0.25) is 0 Å². The van der Waals surface area contributed by atoms with Crippen molar-refractivity contribution in [3.8, 4) is 11.8 Å². The van der Waals surface area contributed by atoms with Crippen molar-refractivity contribution < 1.29 is 18.7 Å². The molecule has 0 aromatic heterocycles. The van der Waals surface area contributed by atoms with Crippen LogP contribution >= 0.6 is 0 Å². The van der Waals surface area contributed by atoms with E-state index in [9.17, 15) is 19.2 Å². The lowest BCUT2D eigenvalue weighted by molar-refractivity contribution is -0.112. The lowest BCUT2D eigenvalue weighted by atomic mass is 10.1. The summed E-state index contributed by atoms with van der Waals surface area (Å²) in [6.07, 6.45) is 1.36. The summed E-state index contributed by atoms with van der Waals surface area (Å²) in [7, 11) is 0. The first-order valence-electron chi connectivity index (χ1n) is 8.62. The number of amides is 1. The van der Waals surface area contributed by atoms with Gasteiger partial charge in [0.15, 0.2) is 0 Å². The Labute approximate surface area is 166 Å². The summed E-state index contributed by atoms with van der Waals surface area (Å²) in [6.45, 7) is 0. The van der Waals surface area contributed by atoms with E-state index in [-0.39, 0.29) is 11.3 Å². The van der Waals surface area contributed by atoms with Gasteiger partial charge >= 0.3 is 5.97 Å². The fraction of sp³-hybridized carbons (Fsp3) is 0. The summed E-state index contributed by atoms with van der Waals surface area (Å²) < 4.78 is 18.9. The minimum Gasteiger partial charge on any atom is -0.423 e. The molecule has 0 radical (unpaired) electrons. The van der Waals surface area contributed by atoms with Crippen molar-refractivity contribution in [2.75, 3.05) is 5.32 Å². The molecule has 0 aliphatic heterocycles. The van der Waals surface area contributed by atoms with Gasteiger partial charge < -0.3 is 10.1 Å². The van der Waals surface area contributed by atoms with E-state index < -0.39 is 17.7 Å². The van der Waals surface area contributed by atoms with Gasteiger partial charge in [0.25, 0.3) is 5.91 Å². The number of hydrogen-bond donors (Lipinski definition) is 1. The molecule has 1 N–H and O–H groups in total. The van der Waals surface area contributed by atoms with Crippen LogP contribution in [-0.2, 0) is 4.79 Å². The number of nitrogens with zero attached hydrogens (tertiary/aromatic N) is 1. The first kappa shape index (κ1) is 19.5. The van der Waals surface area contributed by atoms with Crippen LogP contribution in [0.4, 0.5) is 10.1 Å². The van der Waals surface area contributed by atoms with E-state index in [4.69, 9.17) is 4.74 Å². The van der Waals surface area contributed by atoms with Crippen LogP contribution in [0.1, 0.15) is 15.9 Å². The molecule has 6 heteroatoms. The summed E-state index contributed by atoms with van der Waals surface area (Å²) in [5.41, 5.74) is 0.766. The molecular weight excluding hydrogens is 371 g/mol. The maximum atomic E-state index is 13.7. The normalized spacial score (nSPS) is 10.7. The van der Waals surface area contributed by atoms with Gasteiger partial charge in [-0.15, -0.1) is 0 Å². The fourth-order valence-corrected chi connectivity index (χ4v) is 2.44. The van der Waals surface area contributed by atoms with Gasteiger partial charge in [-0.2, -0.15) is 5.26 Å². The number of nitriles is 1. The van der Waals surface area contributed by atoms with Gasteiger partial charge in [-0.3, -0.25) is 4.79 Å². The van der Waals surface area contributed by atoms with Crippen molar-refractivity contribution in [3.63, 3.8) is 0 Å². The number of para-hydroxylation sites is 1. The third-order valence-corrected chi connectivity index (χ3v) is 3.90. The van der Waals surface area contributed by atoms with Crippen LogP contribution < -0.4 is 10.1 Å². The van der Waals surface area contributed by atoms with Crippen LogP contribution in [0.5, 0.6) is 5.75 Å². The van der Waals surface area contributed by atoms with Gasteiger partial charge in [0, 0.05) is 0 Å². The number of hydrogen-bond acceptors (Lipinski definition) is 4. The van der Waals surface area contributed by atoms with Gasteiger partial charge in [-0.1, -0.05) is 42.5 Å². The van der Waals surface area contributed by atoms with Crippen LogP contribution in [0.15, 0.2) is 84.4 Å². The van der Waals surface area contributed by atoms with Crippen LogP contribution in [0, 0.1) is 17.1 Å². The minimum atomic E-state index is -0.725. The van der Waals surface area contributed by atoms with Crippen LogP contribution in [0.25, 0.3) is 6.08 Å². The molecule has 5 nitrogen and oxygen atoms in total. The average Bonchev–Trinajstić information content (AvgIpc) is 2.75. The van der Waals surface area contributed by atoms with E-state index in [1.54, 1.807) is 66.7 Å². The van der Waals surface area contributed by atoms with E-state index in [0.29, 0.717) is 16.9 Å². The summed E-state index contributed by atoms with van der Waals surface area (Å²) >= 11 is 0. The Morgan fingerprint density at radius 1 is 0.931 bits per heavy atom. The molecule has 29 heavy (non-hydrogen) atoms. The van der Waals surface area contributed by atoms with Crippen molar-refractivity contribution in [2.24, 2.45) is 0 Å². The van der Waals surface area contributed by atoms with E-state index in [1.807, 2.05) is 0 Å². The molecule has 0 atom stereocenters. The Bertz CT molecular complexity index is 1100. The molecule has 0 fully saturated rings. The number of ether oxygens (including phenoxy) is 1. The molecule has 1 amide bonds. The number of anilines is 1. The first-order chi connectivity index (χ1) is 14.1. The molecule has 0 aliphatic rings. The number of carbonyl (C=O) groups is 2. The fourth-order valence-electron chi connectivity index (χ4n) is 2.44. The van der Waals surface area contributed by atoms with Gasteiger partial charge in [-0.05, 0) is 48.0 Å². The first-order valence-corrected chi connectivity index (χ1v) is 8.62. The highest BCUT2D eigenvalue weighted by Gasteiger charge is 2.12. The number of carbonyl (C=O) groups excluding carboxylic acids is 2. The molecule has 142 valence electrons. The number of nitrogens with one attached hydrogen (secondary N) is 1. The monoisotopic (exact) mass is 386 g/mol. The Morgan fingerprint density at radius 3 is 2.24 bits per heavy atom. The van der Waals surface area contributed by atoms with Crippen molar-refractivity contribution in [1.82, 2.24) is 0 Å². The average molecular weight is 386 g/mol.